The Hall–Kier alpha value is -1.82. The summed E-state index contributed by atoms with van der Waals surface area (Å²) in [6.45, 7) is 3.32. The lowest BCUT2D eigenvalue weighted by Crippen LogP contribution is -2.06. The molecule has 1 aliphatic heterocycles. The zero-order chi connectivity index (χ0) is 14.8. The fourth-order valence-electron chi connectivity index (χ4n) is 2.47. The summed E-state index contributed by atoms with van der Waals surface area (Å²) in [6.07, 6.45) is 2.46. The molecule has 1 aliphatic rings. The average Bonchev–Trinajstić information content (AvgIpc) is 2.94. The molecule has 5 nitrogen and oxygen atoms in total. The summed E-state index contributed by atoms with van der Waals surface area (Å²) < 4.78 is 12.0. The molecule has 21 heavy (non-hydrogen) atoms. The van der Waals surface area contributed by atoms with Gasteiger partial charge in [-0.3, -0.25) is 0 Å². The Kier molecular flexibility index (Phi) is 3.96. The van der Waals surface area contributed by atoms with Crippen LogP contribution in [0.25, 0.3) is 0 Å². The second-order valence-corrected chi connectivity index (χ2v) is 5.78. The Morgan fingerprint density at radius 1 is 1.38 bits per heavy atom. The molecule has 2 aromatic rings. The Bertz CT molecular complexity index is 676. The van der Waals surface area contributed by atoms with Gasteiger partial charge in [-0.1, -0.05) is 15.9 Å². The minimum Gasteiger partial charge on any atom is -0.493 e. The summed E-state index contributed by atoms with van der Waals surface area (Å²) in [5.74, 6) is 2.35. The van der Waals surface area contributed by atoms with Gasteiger partial charge < -0.3 is 14.8 Å². The lowest BCUT2D eigenvalue weighted by atomic mass is 10.1. The average molecular weight is 350 g/mol. The van der Waals surface area contributed by atoms with Crippen molar-refractivity contribution < 1.29 is 9.47 Å². The first-order valence-electron chi connectivity index (χ1n) is 6.72. The number of benzene rings is 1. The van der Waals surface area contributed by atoms with Crippen LogP contribution < -0.4 is 14.8 Å². The van der Waals surface area contributed by atoms with E-state index in [1.807, 2.05) is 6.92 Å². The molecule has 1 aromatic heterocycles. The minimum absolute atomic E-state index is 0.586. The van der Waals surface area contributed by atoms with Crippen molar-refractivity contribution in [2.24, 2.45) is 0 Å². The first-order valence-corrected chi connectivity index (χ1v) is 7.52. The largest absolute Gasteiger partial charge is 0.493 e. The number of fused-ring (bicyclic) bond motifs is 1. The molecule has 1 N–H and O–H groups in total. The summed E-state index contributed by atoms with van der Waals surface area (Å²) in [5.41, 5.74) is 3.26. The number of hydrogen-bond donors (Lipinski definition) is 1. The van der Waals surface area contributed by atoms with Crippen LogP contribution in [-0.2, 0) is 13.0 Å². The van der Waals surface area contributed by atoms with Crippen molar-refractivity contribution in [3.8, 4) is 11.6 Å². The molecular formula is C15H16BrN3O2. The number of halogens is 1. The fourth-order valence-corrected chi connectivity index (χ4v) is 3.03. The van der Waals surface area contributed by atoms with Crippen molar-refractivity contribution in [3.63, 3.8) is 0 Å². The number of ether oxygens (including phenoxy) is 2. The molecule has 0 aliphatic carbocycles. The summed E-state index contributed by atoms with van der Waals surface area (Å²) >= 11 is 3.55. The quantitative estimate of drug-likeness (QED) is 0.918. The van der Waals surface area contributed by atoms with Crippen molar-refractivity contribution in [2.75, 3.05) is 19.0 Å². The van der Waals surface area contributed by atoms with Crippen LogP contribution in [0.4, 0.5) is 5.82 Å². The number of aromatic nitrogens is 2. The van der Waals surface area contributed by atoms with E-state index in [1.165, 1.54) is 11.9 Å². The molecular weight excluding hydrogens is 334 g/mol. The number of nitrogens with one attached hydrogen (secondary N) is 1. The molecule has 2 heterocycles. The van der Waals surface area contributed by atoms with E-state index in [0.717, 1.165) is 40.2 Å². The van der Waals surface area contributed by atoms with Gasteiger partial charge in [0.2, 0.25) is 5.88 Å². The molecule has 110 valence electrons. The Labute approximate surface area is 131 Å². The maximum atomic E-state index is 5.73. The molecule has 3 rings (SSSR count). The fraction of sp³-hybridized carbons (Fsp3) is 0.333. The van der Waals surface area contributed by atoms with Crippen molar-refractivity contribution in [2.45, 2.75) is 19.9 Å². The SMILES string of the molecule is COc1ncnc(NCc2cc(Br)cc3c2OCC3)c1C. The van der Waals surface area contributed by atoms with Crippen LogP contribution in [-0.4, -0.2) is 23.7 Å². The summed E-state index contributed by atoms with van der Waals surface area (Å²) in [4.78, 5) is 8.34. The summed E-state index contributed by atoms with van der Waals surface area (Å²) in [5, 5.41) is 3.33. The number of hydrogen-bond acceptors (Lipinski definition) is 5. The zero-order valence-corrected chi connectivity index (χ0v) is 13.5. The predicted molar refractivity (Wildman–Crippen MR) is 84.0 cm³/mol. The van der Waals surface area contributed by atoms with Crippen LogP contribution in [0.5, 0.6) is 11.6 Å². The Morgan fingerprint density at radius 2 is 2.24 bits per heavy atom. The standard InChI is InChI=1S/C15H16BrN3O2/c1-9-14(18-8-19-15(9)20-2)17-7-11-6-12(16)5-10-3-4-21-13(10)11/h5-6,8H,3-4,7H2,1-2H3,(H,17,18,19). The third-order valence-electron chi connectivity index (χ3n) is 3.50. The topological polar surface area (TPSA) is 56.3 Å². The predicted octanol–water partition coefficient (Wildman–Crippen LogP) is 3.10. The van der Waals surface area contributed by atoms with Gasteiger partial charge in [-0.05, 0) is 24.6 Å². The zero-order valence-electron chi connectivity index (χ0n) is 11.9. The van der Waals surface area contributed by atoms with E-state index in [-0.39, 0.29) is 0 Å². The normalized spacial score (nSPS) is 12.7. The summed E-state index contributed by atoms with van der Waals surface area (Å²) in [7, 11) is 1.61. The lowest BCUT2D eigenvalue weighted by Gasteiger charge is -2.13. The van der Waals surface area contributed by atoms with Crippen LogP contribution >= 0.6 is 15.9 Å². The highest BCUT2D eigenvalue weighted by atomic mass is 79.9. The van der Waals surface area contributed by atoms with E-state index < -0.39 is 0 Å². The van der Waals surface area contributed by atoms with Gasteiger partial charge in [-0.15, -0.1) is 0 Å². The van der Waals surface area contributed by atoms with E-state index >= 15 is 0 Å². The van der Waals surface area contributed by atoms with Gasteiger partial charge in [0.05, 0.1) is 19.3 Å². The van der Waals surface area contributed by atoms with Gasteiger partial charge in [-0.2, -0.15) is 0 Å². The molecule has 1 aromatic carbocycles. The Balaban J connectivity index is 1.83. The Morgan fingerprint density at radius 3 is 3.05 bits per heavy atom. The van der Waals surface area contributed by atoms with Crippen LogP contribution in [0.3, 0.4) is 0 Å². The van der Waals surface area contributed by atoms with E-state index in [4.69, 9.17) is 9.47 Å². The second-order valence-electron chi connectivity index (χ2n) is 4.86. The number of rotatable bonds is 4. The van der Waals surface area contributed by atoms with Crippen LogP contribution in [0.1, 0.15) is 16.7 Å². The van der Waals surface area contributed by atoms with Gasteiger partial charge in [0.1, 0.15) is 17.9 Å². The van der Waals surface area contributed by atoms with Crippen molar-refractivity contribution in [1.82, 2.24) is 9.97 Å². The molecule has 0 bridgehead atoms. The molecule has 0 atom stereocenters. The first-order chi connectivity index (χ1) is 10.2. The van der Waals surface area contributed by atoms with Crippen LogP contribution in [0.15, 0.2) is 22.9 Å². The number of anilines is 1. The first kappa shape index (κ1) is 14.1. The third kappa shape index (κ3) is 2.81. The van der Waals surface area contributed by atoms with E-state index in [2.05, 4.69) is 43.3 Å². The van der Waals surface area contributed by atoms with Gasteiger partial charge in [0.15, 0.2) is 0 Å². The van der Waals surface area contributed by atoms with E-state index in [1.54, 1.807) is 7.11 Å². The number of methoxy groups -OCH3 is 1. The highest BCUT2D eigenvalue weighted by molar-refractivity contribution is 9.10. The molecule has 0 saturated carbocycles. The molecule has 0 fully saturated rings. The number of nitrogens with zero attached hydrogens (tertiary/aromatic N) is 2. The highest BCUT2D eigenvalue weighted by Gasteiger charge is 2.17. The van der Waals surface area contributed by atoms with Crippen molar-refractivity contribution >= 4 is 21.7 Å². The molecule has 0 radical (unpaired) electrons. The lowest BCUT2D eigenvalue weighted by molar-refractivity contribution is 0.354. The van der Waals surface area contributed by atoms with Crippen LogP contribution in [0, 0.1) is 6.92 Å². The van der Waals surface area contributed by atoms with Crippen molar-refractivity contribution in [3.05, 3.63) is 39.6 Å². The van der Waals surface area contributed by atoms with Gasteiger partial charge in [0, 0.05) is 23.0 Å². The van der Waals surface area contributed by atoms with E-state index in [0.29, 0.717) is 12.4 Å². The maximum Gasteiger partial charge on any atom is 0.221 e. The molecule has 0 spiro atoms. The highest BCUT2D eigenvalue weighted by Crippen LogP contribution is 2.33. The van der Waals surface area contributed by atoms with Crippen LogP contribution in [0.2, 0.25) is 0 Å². The van der Waals surface area contributed by atoms with Gasteiger partial charge >= 0.3 is 0 Å². The monoisotopic (exact) mass is 349 g/mol. The molecule has 0 unspecified atom stereocenters. The smallest absolute Gasteiger partial charge is 0.221 e. The van der Waals surface area contributed by atoms with E-state index in [9.17, 15) is 0 Å². The minimum atomic E-state index is 0.586. The third-order valence-corrected chi connectivity index (χ3v) is 3.96. The second kappa shape index (κ2) is 5.89. The maximum absolute atomic E-state index is 5.73. The van der Waals surface area contributed by atoms with Gasteiger partial charge in [0.25, 0.3) is 0 Å². The molecule has 6 heteroatoms. The molecule has 0 amide bonds. The van der Waals surface area contributed by atoms with Crippen molar-refractivity contribution in [1.29, 1.82) is 0 Å². The summed E-state index contributed by atoms with van der Waals surface area (Å²) in [6, 6.07) is 4.19. The molecule has 0 saturated heterocycles. The van der Waals surface area contributed by atoms with Gasteiger partial charge in [-0.25, -0.2) is 9.97 Å².